The van der Waals surface area contributed by atoms with Gasteiger partial charge in [-0.1, -0.05) is 18.2 Å². The number of urea groups is 2. The number of hydrogen-bond acceptors (Lipinski definition) is 6. The predicted molar refractivity (Wildman–Crippen MR) is 103 cm³/mol. The van der Waals surface area contributed by atoms with Gasteiger partial charge in [0.2, 0.25) is 0 Å². The van der Waals surface area contributed by atoms with Crippen molar-refractivity contribution in [2.45, 2.75) is 31.8 Å². The number of rotatable bonds is 4. The van der Waals surface area contributed by atoms with Gasteiger partial charge >= 0.3 is 18.0 Å². The summed E-state index contributed by atoms with van der Waals surface area (Å²) in [6.45, 7) is 3.46. The van der Waals surface area contributed by atoms with E-state index in [1.54, 1.807) is 38.1 Å². The third kappa shape index (κ3) is 3.04. The van der Waals surface area contributed by atoms with Crippen LogP contribution in [0.25, 0.3) is 0 Å². The van der Waals surface area contributed by atoms with Crippen molar-refractivity contribution in [3.63, 3.8) is 0 Å². The maximum Gasteiger partial charge on any atom is 0.337 e. The topological polar surface area (TPSA) is 126 Å². The monoisotopic (exact) mass is 414 g/mol. The minimum absolute atomic E-state index is 0.152. The van der Waals surface area contributed by atoms with Crippen LogP contribution in [-0.4, -0.2) is 54.6 Å². The smallest absolute Gasteiger partial charge is 0.337 e. The van der Waals surface area contributed by atoms with Gasteiger partial charge in [0.05, 0.1) is 37.1 Å². The Kier molecular flexibility index (Phi) is 4.84. The Bertz CT molecular complexity index is 974. The highest BCUT2D eigenvalue weighted by molar-refractivity contribution is 6.08. The Morgan fingerprint density at radius 2 is 2.07 bits per heavy atom. The molecule has 0 aliphatic carbocycles. The van der Waals surface area contributed by atoms with Crippen LogP contribution in [0.1, 0.15) is 25.8 Å². The molecule has 3 aliphatic heterocycles. The maximum absolute atomic E-state index is 13.4. The number of para-hydroxylation sites is 1. The fourth-order valence-corrected chi connectivity index (χ4v) is 4.08. The van der Waals surface area contributed by atoms with Crippen molar-refractivity contribution in [1.29, 1.82) is 0 Å². The van der Waals surface area contributed by atoms with E-state index in [9.17, 15) is 19.2 Å². The highest BCUT2D eigenvalue weighted by atomic mass is 16.5. The Balaban J connectivity index is 1.69. The molecule has 10 heteroatoms. The summed E-state index contributed by atoms with van der Waals surface area (Å²) < 4.78 is 10.7. The SMILES string of the molecule is CCOC(=O)C1=C(CN2C(=O)N[C@]3(CCOc4ccccc43)C2=O)NC(=O)N[C@@H]1C. The number of carbonyl (C=O) groups is 4. The zero-order chi connectivity index (χ0) is 21.5. The summed E-state index contributed by atoms with van der Waals surface area (Å²) in [4.78, 5) is 51.6. The van der Waals surface area contributed by atoms with Gasteiger partial charge in [-0.3, -0.25) is 9.69 Å². The Morgan fingerprint density at radius 1 is 1.30 bits per heavy atom. The molecule has 158 valence electrons. The van der Waals surface area contributed by atoms with Gasteiger partial charge in [0, 0.05) is 12.0 Å². The van der Waals surface area contributed by atoms with Crippen LogP contribution in [0.2, 0.25) is 0 Å². The molecule has 3 heterocycles. The van der Waals surface area contributed by atoms with Gasteiger partial charge in [-0.25, -0.2) is 14.4 Å². The summed E-state index contributed by atoms with van der Waals surface area (Å²) in [6.07, 6.45) is 0.277. The molecule has 4 rings (SSSR count). The van der Waals surface area contributed by atoms with Crippen LogP contribution in [0.5, 0.6) is 5.75 Å². The lowest BCUT2D eigenvalue weighted by Gasteiger charge is -2.33. The van der Waals surface area contributed by atoms with Gasteiger partial charge in [0.25, 0.3) is 5.91 Å². The molecule has 1 saturated heterocycles. The average Bonchev–Trinajstić information content (AvgIpc) is 2.93. The number of ether oxygens (including phenoxy) is 2. The van der Waals surface area contributed by atoms with Gasteiger partial charge in [0.15, 0.2) is 5.54 Å². The second-order valence-corrected chi connectivity index (χ2v) is 7.25. The molecule has 0 aromatic heterocycles. The van der Waals surface area contributed by atoms with Crippen LogP contribution >= 0.6 is 0 Å². The van der Waals surface area contributed by atoms with Gasteiger partial charge in [0.1, 0.15) is 5.75 Å². The lowest BCUT2D eigenvalue weighted by molar-refractivity contribution is -0.139. The molecule has 1 fully saturated rings. The molecule has 30 heavy (non-hydrogen) atoms. The van der Waals surface area contributed by atoms with Crippen molar-refractivity contribution < 1.29 is 28.7 Å². The van der Waals surface area contributed by atoms with Crippen molar-refractivity contribution in [2.75, 3.05) is 19.8 Å². The molecule has 2 atom stereocenters. The van der Waals surface area contributed by atoms with Crippen LogP contribution in [0.15, 0.2) is 35.5 Å². The molecule has 10 nitrogen and oxygen atoms in total. The standard InChI is InChI=1S/C20H22N4O6/c1-3-29-16(25)15-11(2)21-18(27)22-13(15)10-24-17(26)20(23-19(24)28)8-9-30-14-7-5-4-6-12(14)20/h4-7,11H,3,8-10H2,1-2H3,(H,23,28)(H2,21,22,27)/t11-,20+/m1/s1. The van der Waals surface area contributed by atoms with E-state index in [0.29, 0.717) is 11.3 Å². The van der Waals surface area contributed by atoms with Gasteiger partial charge in [-0.15, -0.1) is 0 Å². The lowest BCUT2D eigenvalue weighted by atomic mass is 9.84. The van der Waals surface area contributed by atoms with Crippen LogP contribution in [-0.2, 0) is 19.9 Å². The van der Waals surface area contributed by atoms with E-state index in [1.165, 1.54) is 0 Å². The van der Waals surface area contributed by atoms with Gasteiger partial charge in [-0.2, -0.15) is 0 Å². The highest BCUT2D eigenvalue weighted by Crippen LogP contribution is 2.41. The number of fused-ring (bicyclic) bond motifs is 2. The van der Waals surface area contributed by atoms with E-state index in [0.717, 1.165) is 4.90 Å². The second kappa shape index (κ2) is 7.36. The number of nitrogens with one attached hydrogen (secondary N) is 3. The zero-order valence-corrected chi connectivity index (χ0v) is 16.6. The number of nitrogens with zero attached hydrogens (tertiary/aromatic N) is 1. The van der Waals surface area contributed by atoms with Gasteiger partial charge in [-0.05, 0) is 19.9 Å². The zero-order valence-electron chi connectivity index (χ0n) is 16.6. The molecule has 3 N–H and O–H groups in total. The summed E-state index contributed by atoms with van der Waals surface area (Å²) in [5, 5.41) is 7.93. The Morgan fingerprint density at radius 3 is 2.83 bits per heavy atom. The van der Waals surface area contributed by atoms with E-state index in [1.807, 2.05) is 0 Å². The van der Waals surface area contributed by atoms with Gasteiger partial charge < -0.3 is 25.4 Å². The van der Waals surface area contributed by atoms with Crippen molar-refractivity contribution in [3.8, 4) is 5.75 Å². The molecule has 0 saturated carbocycles. The molecule has 0 unspecified atom stereocenters. The first-order valence-electron chi connectivity index (χ1n) is 9.71. The second-order valence-electron chi connectivity index (χ2n) is 7.25. The molecule has 1 aromatic carbocycles. The van der Waals surface area contributed by atoms with Crippen LogP contribution in [0.4, 0.5) is 9.59 Å². The minimum atomic E-state index is -1.24. The summed E-state index contributed by atoms with van der Waals surface area (Å²) in [5.74, 6) is -0.542. The number of carbonyl (C=O) groups excluding carboxylic acids is 4. The fourth-order valence-electron chi connectivity index (χ4n) is 4.08. The molecule has 1 spiro atoms. The van der Waals surface area contributed by atoms with Crippen molar-refractivity contribution >= 4 is 23.9 Å². The van der Waals surface area contributed by atoms with Crippen molar-refractivity contribution in [2.24, 2.45) is 0 Å². The number of benzene rings is 1. The first-order valence-corrected chi connectivity index (χ1v) is 9.71. The lowest BCUT2D eigenvalue weighted by Crippen LogP contribution is -2.52. The molecular formula is C20H22N4O6. The Hall–Kier alpha value is -3.56. The van der Waals surface area contributed by atoms with E-state index < -0.39 is 35.5 Å². The normalized spacial score (nSPS) is 25.3. The first kappa shape index (κ1) is 19.7. The molecule has 5 amide bonds. The summed E-state index contributed by atoms with van der Waals surface area (Å²) in [5.41, 5.74) is -0.325. The molecule has 0 radical (unpaired) electrons. The van der Waals surface area contributed by atoms with Crippen molar-refractivity contribution in [1.82, 2.24) is 20.9 Å². The molecule has 1 aromatic rings. The first-order chi connectivity index (χ1) is 14.4. The largest absolute Gasteiger partial charge is 0.493 e. The number of esters is 1. The van der Waals surface area contributed by atoms with Crippen molar-refractivity contribution in [3.05, 3.63) is 41.1 Å². The van der Waals surface area contributed by atoms with E-state index in [4.69, 9.17) is 9.47 Å². The highest BCUT2D eigenvalue weighted by Gasteiger charge is 2.55. The predicted octanol–water partition coefficient (Wildman–Crippen LogP) is 0.735. The van der Waals surface area contributed by atoms with Crippen LogP contribution in [0, 0.1) is 0 Å². The third-order valence-corrected chi connectivity index (χ3v) is 5.44. The van der Waals surface area contributed by atoms with E-state index in [-0.39, 0.29) is 37.4 Å². The maximum atomic E-state index is 13.4. The molecular weight excluding hydrogens is 392 g/mol. The molecule has 0 bridgehead atoms. The minimum Gasteiger partial charge on any atom is -0.493 e. The Labute approximate surface area is 172 Å². The van der Waals surface area contributed by atoms with Crippen LogP contribution < -0.4 is 20.7 Å². The summed E-state index contributed by atoms with van der Waals surface area (Å²) >= 11 is 0. The number of hydrogen-bond donors (Lipinski definition) is 3. The van der Waals surface area contributed by atoms with E-state index >= 15 is 0 Å². The van der Waals surface area contributed by atoms with E-state index in [2.05, 4.69) is 16.0 Å². The average molecular weight is 414 g/mol. The summed E-state index contributed by atoms with van der Waals surface area (Å²) in [6, 6.07) is 5.29. The quantitative estimate of drug-likeness (QED) is 0.493. The summed E-state index contributed by atoms with van der Waals surface area (Å²) in [7, 11) is 0. The molecule has 3 aliphatic rings. The number of imide groups is 1. The third-order valence-electron chi connectivity index (χ3n) is 5.44. The number of amides is 5. The fraction of sp³-hybridized carbons (Fsp3) is 0.400. The van der Waals surface area contributed by atoms with Crippen LogP contribution in [0.3, 0.4) is 0 Å².